The molecule has 1 aliphatic heterocycles. The van der Waals surface area contributed by atoms with Gasteiger partial charge in [-0.05, 0) is 78.9 Å². The Morgan fingerprint density at radius 3 is 2.11 bits per heavy atom. The van der Waals surface area contributed by atoms with Crippen LogP contribution >= 0.6 is 23.5 Å². The van der Waals surface area contributed by atoms with Crippen LogP contribution in [0.1, 0.15) is 59.8 Å². The molecule has 73 heavy (non-hydrogen) atoms. The summed E-state index contributed by atoms with van der Waals surface area (Å²) in [6, 6.07) is 25.3. The lowest BCUT2D eigenvalue weighted by atomic mass is 10.1. The van der Waals surface area contributed by atoms with Gasteiger partial charge in [-0.25, -0.2) is 9.18 Å². The highest BCUT2D eigenvalue weighted by atomic mass is 32.2. The third-order valence-corrected chi connectivity index (χ3v) is 12.3. The van der Waals surface area contributed by atoms with Gasteiger partial charge in [0, 0.05) is 19.0 Å². The Kier molecular flexibility index (Phi) is 22.0. The molecule has 2 heterocycles. The zero-order valence-electron chi connectivity index (χ0n) is 39.6. The average Bonchev–Trinajstić information content (AvgIpc) is 3.90. The molecule has 0 radical (unpaired) electrons. The Labute approximate surface area is 424 Å². The number of halogens is 4. The number of thioether (sulfide) groups is 2. The highest BCUT2D eigenvalue weighted by molar-refractivity contribution is 8.15. The second-order valence-corrected chi connectivity index (χ2v) is 17.5. The summed E-state index contributed by atoms with van der Waals surface area (Å²) in [7, 11) is 2.87. The summed E-state index contributed by atoms with van der Waals surface area (Å²) >= 11 is 1.85. The number of ether oxygens (including phenoxy) is 7. The Bertz CT molecular complexity index is 2710. The first-order valence-corrected chi connectivity index (χ1v) is 23.9. The first-order valence-electron chi connectivity index (χ1n) is 22.1. The van der Waals surface area contributed by atoms with Crippen molar-refractivity contribution in [1.82, 2.24) is 10.6 Å². The molecule has 0 saturated carbocycles. The second-order valence-electron chi connectivity index (χ2n) is 15.3. The molecule has 0 bridgehead atoms. The van der Waals surface area contributed by atoms with E-state index in [2.05, 4.69) is 15.4 Å². The van der Waals surface area contributed by atoms with E-state index in [0.717, 1.165) is 40.7 Å². The Morgan fingerprint density at radius 1 is 0.863 bits per heavy atom. The molecule has 4 unspecified atom stereocenters. The summed E-state index contributed by atoms with van der Waals surface area (Å²) in [5, 5.41) is 3.37. The van der Waals surface area contributed by atoms with Crippen LogP contribution in [0, 0.1) is 5.82 Å². The van der Waals surface area contributed by atoms with E-state index >= 15 is 0 Å². The summed E-state index contributed by atoms with van der Waals surface area (Å²) in [5.41, 5.74) is 2.95. The van der Waals surface area contributed by atoms with Crippen molar-refractivity contribution in [2.45, 2.75) is 68.8 Å². The van der Waals surface area contributed by atoms with Gasteiger partial charge >= 0.3 is 12.2 Å². The van der Waals surface area contributed by atoms with Crippen LogP contribution < -0.4 is 30.7 Å². The molecule has 0 aliphatic carbocycles. The predicted molar refractivity (Wildman–Crippen MR) is 258 cm³/mol. The monoisotopic (exact) mass is 1060 g/mol. The van der Waals surface area contributed by atoms with Gasteiger partial charge < -0.3 is 47.3 Å². The van der Waals surface area contributed by atoms with Gasteiger partial charge in [-0.3, -0.25) is 29.3 Å². The van der Waals surface area contributed by atoms with E-state index in [0.29, 0.717) is 53.3 Å². The van der Waals surface area contributed by atoms with E-state index in [9.17, 15) is 46.3 Å². The summed E-state index contributed by atoms with van der Waals surface area (Å²) in [4.78, 5) is 68.0. The van der Waals surface area contributed by atoms with E-state index in [1.54, 1.807) is 72.8 Å². The Hall–Kier alpha value is -7.08. The first-order chi connectivity index (χ1) is 35.0. The minimum atomic E-state index is -4.87. The van der Waals surface area contributed by atoms with Crippen LogP contribution in [0.5, 0.6) is 17.2 Å². The summed E-state index contributed by atoms with van der Waals surface area (Å²) < 4.78 is 100. The van der Waals surface area contributed by atoms with Crippen LogP contribution in [0.4, 0.5) is 22.4 Å². The highest BCUT2D eigenvalue weighted by Crippen LogP contribution is 2.30. The minimum absolute atomic E-state index is 0.00825. The molecule has 390 valence electrons. The Balaban J connectivity index is 0.000000272. The van der Waals surface area contributed by atoms with Crippen LogP contribution in [0.2, 0.25) is 0 Å². The maximum Gasteiger partial charge on any atom is 0.573 e. The van der Waals surface area contributed by atoms with Crippen molar-refractivity contribution in [3.8, 4) is 17.2 Å². The summed E-state index contributed by atoms with van der Waals surface area (Å²) in [6.45, 7) is 3.16. The number of aryl methyl sites for hydroxylation is 1. The molecule has 0 spiro atoms. The molecular weight excluding hydrogens is 1010 g/mol. The molecule has 23 heteroatoms. The molecule has 1 fully saturated rings. The number of methoxy groups -OCH3 is 1. The number of imide groups is 1. The summed E-state index contributed by atoms with van der Waals surface area (Å²) in [6.07, 6.45) is -5.35. The number of nitrogens with one attached hydrogen (secondary N) is 2. The molecule has 4 aromatic carbocycles. The van der Waals surface area contributed by atoms with E-state index < -0.39 is 46.5 Å². The van der Waals surface area contributed by atoms with Gasteiger partial charge in [-0.15, -0.1) is 13.2 Å². The first kappa shape index (κ1) is 56.8. The molecule has 1 aliphatic rings. The van der Waals surface area contributed by atoms with Crippen molar-refractivity contribution in [3.05, 3.63) is 159 Å². The van der Waals surface area contributed by atoms with E-state index in [4.69, 9.17) is 37.3 Å². The average molecular weight is 1060 g/mol. The molecule has 1 saturated heterocycles. The molecule has 4 atom stereocenters. The van der Waals surface area contributed by atoms with Crippen molar-refractivity contribution in [2.75, 3.05) is 34.0 Å². The van der Waals surface area contributed by atoms with Crippen molar-refractivity contribution >= 4 is 52.7 Å². The highest BCUT2D eigenvalue weighted by Gasteiger charge is 2.33. The molecular formula is C50H50F4N2O15S2. The maximum atomic E-state index is 14.5. The third-order valence-electron chi connectivity index (χ3n) is 10.5. The zero-order chi connectivity index (χ0) is 52.9. The lowest BCUT2D eigenvalue weighted by molar-refractivity contribution is -0.274. The van der Waals surface area contributed by atoms with E-state index in [1.165, 1.54) is 39.3 Å². The fourth-order valence-electron chi connectivity index (χ4n) is 6.80. The van der Waals surface area contributed by atoms with Gasteiger partial charge in [-0.2, -0.15) is 0 Å². The summed E-state index contributed by atoms with van der Waals surface area (Å²) in [5.74, 6) is -0.327. The second kappa shape index (κ2) is 28.2. The van der Waals surface area contributed by atoms with Gasteiger partial charge in [0.05, 0.1) is 17.6 Å². The standard InChI is InChI=1S/C25H24F3NO8S.C25H26FNO7S/c1-15(36-14-30)20(33-2)12-35-21(17-4-3-5-19(11-17)37-25(26,27)28)13-34-18-8-6-16(7-9-18)10-22-23(31)29-24(32)38-22;1-3-20-22(34-25(30)33-20)14-32-21(18-6-4-5-7-19(18)26)13-31-17-10-8-16(9-11-17)12-23(35-15-28)24(29)27-2/h3-9,11,14,21-22H,10,12-13H2,1-2H3,(H,29,31,32);4-11,15,21,23H,3,12-14H2,1-2H3,(H,27,29)/b20-15-;. The van der Waals surface area contributed by atoms with Crippen molar-refractivity contribution in [1.29, 1.82) is 0 Å². The van der Waals surface area contributed by atoms with Crippen molar-refractivity contribution in [2.24, 2.45) is 0 Å². The zero-order valence-corrected chi connectivity index (χ0v) is 41.2. The number of allylic oxidation sites excluding steroid dienone is 1. The number of carbonyl (C=O) groups is 5. The van der Waals surface area contributed by atoms with Crippen molar-refractivity contribution in [3.63, 3.8) is 0 Å². The lowest BCUT2D eigenvalue weighted by Crippen LogP contribution is -2.31. The number of carbonyl (C=O) groups excluding carboxylic acids is 5. The van der Waals surface area contributed by atoms with Gasteiger partial charge in [-0.1, -0.05) is 85.0 Å². The van der Waals surface area contributed by atoms with Crippen LogP contribution in [0.15, 0.2) is 122 Å². The van der Waals surface area contributed by atoms with Crippen LogP contribution in [-0.4, -0.2) is 80.0 Å². The normalized spacial score (nSPS) is 14.8. The Morgan fingerprint density at radius 2 is 1.52 bits per heavy atom. The number of rotatable bonds is 26. The molecule has 6 rings (SSSR count). The fraction of sp³-hybridized carbons (Fsp3) is 0.320. The van der Waals surface area contributed by atoms with Gasteiger partial charge in [0.25, 0.3) is 11.7 Å². The largest absolute Gasteiger partial charge is 0.573 e. The SMILES string of the molecule is CCc1oc(=O)oc1COC(COc1ccc(CC(SC=O)C(=O)NC)cc1)c1ccccc1F.CO/C(COC(COc1ccc(CC2SC(=O)NC2=O)cc1)c1cccc(OC(F)(F)F)c1)=C(/C)OC=O. The molecule has 3 amide bonds. The van der Waals surface area contributed by atoms with Crippen molar-refractivity contribution < 1.29 is 83.5 Å². The van der Waals surface area contributed by atoms with E-state index in [-0.39, 0.29) is 67.2 Å². The maximum absolute atomic E-state index is 14.5. The van der Waals surface area contributed by atoms with Crippen LogP contribution in [0.3, 0.4) is 0 Å². The van der Waals surface area contributed by atoms with Gasteiger partial charge in [0.2, 0.25) is 11.8 Å². The number of benzene rings is 4. The lowest BCUT2D eigenvalue weighted by Gasteiger charge is -2.21. The fourth-order valence-corrected chi connectivity index (χ4v) is 8.32. The van der Waals surface area contributed by atoms with Crippen LogP contribution in [0.25, 0.3) is 0 Å². The smallest absolute Gasteiger partial charge is 0.495 e. The third kappa shape index (κ3) is 18.2. The molecule has 2 N–H and O–H groups in total. The topological polar surface area (TPSA) is 217 Å². The van der Waals surface area contributed by atoms with E-state index in [1.807, 2.05) is 6.92 Å². The molecule has 17 nitrogen and oxygen atoms in total. The number of amides is 3. The minimum Gasteiger partial charge on any atom is -0.495 e. The number of hydrogen-bond donors (Lipinski definition) is 2. The number of hydrogen-bond acceptors (Lipinski definition) is 17. The molecule has 1 aromatic heterocycles. The van der Waals surface area contributed by atoms with Gasteiger partial charge in [0.1, 0.15) is 67.5 Å². The molecule has 5 aromatic rings. The predicted octanol–water partition coefficient (Wildman–Crippen LogP) is 8.52. The quantitative estimate of drug-likeness (QED) is 0.0301. The number of alkyl halides is 3. The van der Waals surface area contributed by atoms with Crippen LogP contribution in [-0.2, 0) is 64.0 Å². The van der Waals surface area contributed by atoms with Gasteiger partial charge in [0.15, 0.2) is 22.9 Å².